The van der Waals surface area contributed by atoms with E-state index in [1.54, 1.807) is 0 Å². The van der Waals surface area contributed by atoms with Crippen LogP contribution in [-0.4, -0.2) is 24.3 Å². The van der Waals surface area contributed by atoms with E-state index in [4.69, 9.17) is 0 Å². The molecule has 2 nitrogen and oxygen atoms in total. The van der Waals surface area contributed by atoms with Gasteiger partial charge in [0.15, 0.2) is 0 Å². The summed E-state index contributed by atoms with van der Waals surface area (Å²) < 4.78 is 0. The van der Waals surface area contributed by atoms with Crippen LogP contribution in [0.3, 0.4) is 0 Å². The van der Waals surface area contributed by atoms with Crippen molar-refractivity contribution in [2.75, 3.05) is 13.1 Å². The summed E-state index contributed by atoms with van der Waals surface area (Å²) in [6, 6.07) is 0. The zero-order chi connectivity index (χ0) is 12.8. The van der Waals surface area contributed by atoms with Gasteiger partial charge >= 0.3 is 0 Å². The Morgan fingerprint density at radius 1 is 1.11 bits per heavy atom. The van der Waals surface area contributed by atoms with Gasteiger partial charge in [-0.25, -0.2) is 0 Å². The minimum atomic E-state index is -0.125. The van der Waals surface area contributed by atoms with Gasteiger partial charge in [0.2, 0.25) is 0 Å². The maximum Gasteiger partial charge on any atom is 0.0667 e. The lowest BCUT2D eigenvalue weighted by molar-refractivity contribution is 0.130. The Bertz CT molecular complexity index is 229. The van der Waals surface area contributed by atoms with Crippen LogP contribution in [0.15, 0.2) is 0 Å². The smallest absolute Gasteiger partial charge is 0.0667 e. The Balaban J connectivity index is 1.58. The van der Waals surface area contributed by atoms with Gasteiger partial charge in [0.05, 0.1) is 6.10 Å². The minimum absolute atomic E-state index is 0.125. The minimum Gasteiger partial charge on any atom is -0.392 e. The second kappa shape index (κ2) is 6.91. The Labute approximate surface area is 113 Å². The Morgan fingerprint density at radius 3 is 2.44 bits per heavy atom. The molecule has 106 valence electrons. The van der Waals surface area contributed by atoms with E-state index in [-0.39, 0.29) is 6.10 Å². The summed E-state index contributed by atoms with van der Waals surface area (Å²) in [5, 5.41) is 13.6. The molecule has 0 spiro atoms. The molecular formula is C16H31NO. The Morgan fingerprint density at radius 2 is 1.78 bits per heavy atom. The third-order valence-electron chi connectivity index (χ3n) is 5.07. The molecule has 0 aromatic rings. The lowest BCUT2D eigenvalue weighted by Crippen LogP contribution is -2.37. The first kappa shape index (κ1) is 14.3. The highest BCUT2D eigenvalue weighted by atomic mass is 16.3. The standard InChI is InChI=1S/C16H31NO/c1-16(9-5-2-6-10-16)13-17-12-15(18)11-14-7-3-4-8-14/h14-15,17-18H,2-13H2,1H3. The van der Waals surface area contributed by atoms with Crippen LogP contribution in [0.4, 0.5) is 0 Å². The van der Waals surface area contributed by atoms with Crippen molar-refractivity contribution in [1.29, 1.82) is 0 Å². The highest BCUT2D eigenvalue weighted by Crippen LogP contribution is 2.35. The van der Waals surface area contributed by atoms with Gasteiger partial charge in [0.25, 0.3) is 0 Å². The molecule has 0 heterocycles. The van der Waals surface area contributed by atoms with E-state index in [0.717, 1.165) is 25.4 Å². The summed E-state index contributed by atoms with van der Waals surface area (Å²) in [5.74, 6) is 0.798. The average molecular weight is 253 g/mol. The van der Waals surface area contributed by atoms with Gasteiger partial charge in [-0.15, -0.1) is 0 Å². The van der Waals surface area contributed by atoms with Gasteiger partial charge in [-0.2, -0.15) is 0 Å². The van der Waals surface area contributed by atoms with Crippen LogP contribution in [0.25, 0.3) is 0 Å². The fourth-order valence-corrected chi connectivity index (χ4v) is 3.84. The van der Waals surface area contributed by atoms with Crippen LogP contribution < -0.4 is 5.32 Å². The van der Waals surface area contributed by atoms with Gasteiger partial charge in [-0.05, 0) is 30.6 Å². The number of hydrogen-bond donors (Lipinski definition) is 2. The van der Waals surface area contributed by atoms with Crippen LogP contribution in [0.1, 0.15) is 71.1 Å². The van der Waals surface area contributed by atoms with Crippen molar-refractivity contribution in [3.8, 4) is 0 Å². The quantitative estimate of drug-likeness (QED) is 0.759. The maximum absolute atomic E-state index is 10.1. The van der Waals surface area contributed by atoms with E-state index in [2.05, 4.69) is 12.2 Å². The molecular weight excluding hydrogens is 222 g/mol. The van der Waals surface area contributed by atoms with Crippen molar-refractivity contribution in [1.82, 2.24) is 5.32 Å². The van der Waals surface area contributed by atoms with E-state index in [1.165, 1.54) is 57.8 Å². The van der Waals surface area contributed by atoms with Crippen LogP contribution in [-0.2, 0) is 0 Å². The van der Waals surface area contributed by atoms with Crippen molar-refractivity contribution in [2.24, 2.45) is 11.3 Å². The fraction of sp³-hybridized carbons (Fsp3) is 1.00. The topological polar surface area (TPSA) is 32.3 Å². The Hall–Kier alpha value is -0.0800. The molecule has 0 aromatic heterocycles. The molecule has 2 aliphatic carbocycles. The van der Waals surface area contributed by atoms with Crippen molar-refractivity contribution < 1.29 is 5.11 Å². The SMILES string of the molecule is CC1(CNCC(O)CC2CCCC2)CCCCC1. The van der Waals surface area contributed by atoms with E-state index in [1.807, 2.05) is 0 Å². The molecule has 0 saturated heterocycles. The fourth-order valence-electron chi connectivity index (χ4n) is 3.84. The molecule has 2 fully saturated rings. The summed E-state index contributed by atoms with van der Waals surface area (Å²) in [7, 11) is 0. The predicted octanol–water partition coefficient (Wildman–Crippen LogP) is 3.49. The molecule has 2 rings (SSSR count). The second-order valence-corrected chi connectivity index (χ2v) is 7.04. The first-order valence-corrected chi connectivity index (χ1v) is 8.07. The van der Waals surface area contributed by atoms with Gasteiger partial charge in [0, 0.05) is 13.1 Å². The van der Waals surface area contributed by atoms with Crippen LogP contribution in [0.2, 0.25) is 0 Å². The molecule has 0 aliphatic heterocycles. The van der Waals surface area contributed by atoms with Gasteiger partial charge < -0.3 is 10.4 Å². The van der Waals surface area contributed by atoms with Crippen molar-refractivity contribution in [3.63, 3.8) is 0 Å². The number of rotatable bonds is 6. The second-order valence-electron chi connectivity index (χ2n) is 7.04. The average Bonchev–Trinajstić information content (AvgIpc) is 2.82. The Kier molecular flexibility index (Phi) is 5.50. The zero-order valence-electron chi connectivity index (χ0n) is 12.1. The molecule has 2 saturated carbocycles. The monoisotopic (exact) mass is 253 g/mol. The molecule has 2 heteroatoms. The first-order chi connectivity index (χ1) is 8.68. The number of aliphatic hydroxyl groups excluding tert-OH is 1. The van der Waals surface area contributed by atoms with Crippen LogP contribution in [0.5, 0.6) is 0 Å². The normalized spacial score (nSPS) is 26.3. The lowest BCUT2D eigenvalue weighted by Gasteiger charge is -2.34. The van der Waals surface area contributed by atoms with Crippen LogP contribution >= 0.6 is 0 Å². The number of aliphatic hydroxyl groups is 1. The van der Waals surface area contributed by atoms with E-state index in [0.29, 0.717) is 5.41 Å². The third-order valence-corrected chi connectivity index (χ3v) is 5.07. The molecule has 0 bridgehead atoms. The largest absolute Gasteiger partial charge is 0.392 e. The molecule has 2 aliphatic rings. The van der Waals surface area contributed by atoms with Crippen molar-refractivity contribution in [2.45, 2.75) is 77.2 Å². The summed E-state index contributed by atoms with van der Waals surface area (Å²) in [6.07, 6.45) is 13.3. The molecule has 18 heavy (non-hydrogen) atoms. The predicted molar refractivity (Wildman–Crippen MR) is 76.6 cm³/mol. The number of hydrogen-bond acceptors (Lipinski definition) is 2. The molecule has 1 atom stereocenters. The third kappa shape index (κ3) is 4.55. The van der Waals surface area contributed by atoms with Crippen molar-refractivity contribution >= 4 is 0 Å². The zero-order valence-corrected chi connectivity index (χ0v) is 12.1. The summed E-state index contributed by atoms with van der Waals surface area (Å²) in [6.45, 7) is 4.29. The summed E-state index contributed by atoms with van der Waals surface area (Å²) in [5.41, 5.74) is 0.491. The highest BCUT2D eigenvalue weighted by molar-refractivity contribution is 4.81. The van der Waals surface area contributed by atoms with Gasteiger partial charge in [0.1, 0.15) is 0 Å². The maximum atomic E-state index is 10.1. The lowest BCUT2D eigenvalue weighted by atomic mass is 9.76. The van der Waals surface area contributed by atoms with E-state index in [9.17, 15) is 5.11 Å². The molecule has 0 amide bonds. The van der Waals surface area contributed by atoms with Crippen LogP contribution in [0, 0.1) is 11.3 Å². The van der Waals surface area contributed by atoms with Gasteiger partial charge in [-0.1, -0.05) is 51.9 Å². The van der Waals surface area contributed by atoms with Crippen molar-refractivity contribution in [3.05, 3.63) is 0 Å². The number of nitrogens with one attached hydrogen (secondary N) is 1. The molecule has 2 N–H and O–H groups in total. The first-order valence-electron chi connectivity index (χ1n) is 8.07. The van der Waals surface area contributed by atoms with E-state index < -0.39 is 0 Å². The van der Waals surface area contributed by atoms with E-state index >= 15 is 0 Å². The summed E-state index contributed by atoms with van der Waals surface area (Å²) in [4.78, 5) is 0. The highest BCUT2D eigenvalue weighted by Gasteiger charge is 2.26. The van der Waals surface area contributed by atoms with Gasteiger partial charge in [-0.3, -0.25) is 0 Å². The molecule has 0 aromatic carbocycles. The summed E-state index contributed by atoms with van der Waals surface area (Å²) >= 11 is 0. The molecule has 0 radical (unpaired) electrons. The molecule has 1 unspecified atom stereocenters.